The maximum absolute atomic E-state index is 13.6. The summed E-state index contributed by atoms with van der Waals surface area (Å²) in [6, 6.07) is -0.118. The Bertz CT molecular complexity index is 1210. The molecule has 2 amide bonds. The lowest BCUT2D eigenvalue weighted by Crippen LogP contribution is -2.45. The van der Waals surface area contributed by atoms with Crippen LogP contribution in [0.25, 0.3) is 10.4 Å². The van der Waals surface area contributed by atoms with Crippen molar-refractivity contribution in [2.24, 2.45) is 0 Å². The predicted octanol–water partition coefficient (Wildman–Crippen LogP) is 4.89. The van der Waals surface area contributed by atoms with Crippen LogP contribution in [0.2, 0.25) is 0 Å². The lowest BCUT2D eigenvalue weighted by molar-refractivity contribution is -0.142. The zero-order chi connectivity index (χ0) is 27.2. The van der Waals surface area contributed by atoms with E-state index in [1.54, 1.807) is 16.7 Å². The van der Waals surface area contributed by atoms with Crippen LogP contribution >= 0.6 is 11.3 Å². The van der Waals surface area contributed by atoms with E-state index < -0.39 is 12.2 Å². The molecule has 4 atom stereocenters. The molecule has 0 saturated carbocycles. The van der Waals surface area contributed by atoms with Gasteiger partial charge in [0.25, 0.3) is 11.8 Å². The van der Waals surface area contributed by atoms with Crippen molar-refractivity contribution in [1.82, 2.24) is 19.8 Å². The highest BCUT2D eigenvalue weighted by molar-refractivity contribution is 7.17. The first kappa shape index (κ1) is 26.9. The molecule has 3 aliphatic rings. The van der Waals surface area contributed by atoms with E-state index in [1.165, 1.54) is 19.2 Å². The van der Waals surface area contributed by atoms with Crippen molar-refractivity contribution in [3.63, 3.8) is 0 Å². The van der Waals surface area contributed by atoms with E-state index in [4.69, 9.17) is 4.74 Å². The zero-order valence-electron chi connectivity index (χ0n) is 21.7. The van der Waals surface area contributed by atoms with Crippen LogP contribution in [0, 0.1) is 6.92 Å². The first-order valence-electron chi connectivity index (χ1n) is 13.1. The molecule has 3 saturated heterocycles. The normalized spacial score (nSPS) is 24.1. The fraction of sp³-hybridized carbons (Fsp3) is 0.615. The summed E-state index contributed by atoms with van der Waals surface area (Å²) in [5.74, 6) is -0.377. The predicted molar refractivity (Wildman–Crippen MR) is 137 cm³/mol. The van der Waals surface area contributed by atoms with Gasteiger partial charge in [-0.3, -0.25) is 9.59 Å². The fourth-order valence-electron chi connectivity index (χ4n) is 5.49. The second kappa shape index (κ2) is 10.4. The molecule has 0 aromatic carbocycles. The van der Waals surface area contributed by atoms with Gasteiger partial charge < -0.3 is 19.9 Å². The van der Waals surface area contributed by atoms with E-state index in [1.807, 2.05) is 6.92 Å². The van der Waals surface area contributed by atoms with E-state index in [9.17, 15) is 22.8 Å². The monoisotopic (exact) mass is 551 g/mol. The molecule has 0 radical (unpaired) electrons. The summed E-state index contributed by atoms with van der Waals surface area (Å²) >= 11 is 1.14. The number of aromatic nitrogens is 2. The third-order valence-corrected chi connectivity index (χ3v) is 8.71. The van der Waals surface area contributed by atoms with Crippen LogP contribution in [0.4, 0.5) is 19.0 Å². The van der Waals surface area contributed by atoms with Crippen LogP contribution < -0.4 is 5.32 Å². The minimum Gasteiger partial charge on any atom is -0.371 e. The summed E-state index contributed by atoms with van der Waals surface area (Å²) in [6.07, 6.45) is 0.613. The van der Waals surface area contributed by atoms with Crippen molar-refractivity contribution in [3.05, 3.63) is 28.5 Å². The van der Waals surface area contributed by atoms with Gasteiger partial charge in [-0.2, -0.15) is 13.2 Å². The summed E-state index contributed by atoms with van der Waals surface area (Å²) in [7, 11) is 0. The number of morpholine rings is 1. The topological polar surface area (TPSA) is 87.7 Å². The van der Waals surface area contributed by atoms with Gasteiger partial charge in [0.15, 0.2) is 5.01 Å². The van der Waals surface area contributed by atoms with Gasteiger partial charge in [-0.05, 0) is 57.6 Å². The number of ether oxygens (including phenoxy) is 1. The van der Waals surface area contributed by atoms with E-state index in [0.717, 1.165) is 37.0 Å². The number of thiazole rings is 1. The van der Waals surface area contributed by atoms with Crippen LogP contribution in [-0.2, 0) is 4.74 Å². The molecule has 3 fully saturated rings. The van der Waals surface area contributed by atoms with Crippen LogP contribution in [0.15, 0.2) is 12.3 Å². The minimum atomic E-state index is -4.40. The van der Waals surface area contributed by atoms with Crippen LogP contribution in [0.3, 0.4) is 0 Å². The molecule has 1 N–H and O–H groups in total. The molecule has 8 nitrogen and oxygen atoms in total. The van der Waals surface area contributed by atoms with E-state index in [0.29, 0.717) is 35.6 Å². The minimum absolute atomic E-state index is 0.0267. The number of hydrogen-bond acceptors (Lipinski definition) is 7. The van der Waals surface area contributed by atoms with Gasteiger partial charge in [-0.15, -0.1) is 11.3 Å². The average Bonchev–Trinajstić information content (AvgIpc) is 3.59. The number of pyridine rings is 1. The molecule has 38 heavy (non-hydrogen) atoms. The molecule has 2 bridgehead atoms. The molecule has 2 aromatic rings. The number of amides is 2. The molecule has 3 aliphatic heterocycles. The molecule has 2 aromatic heterocycles. The van der Waals surface area contributed by atoms with Gasteiger partial charge in [0.2, 0.25) is 0 Å². The summed E-state index contributed by atoms with van der Waals surface area (Å²) in [5.41, 5.74) is 1.40. The lowest BCUT2D eigenvalue weighted by Gasteiger charge is -2.31. The summed E-state index contributed by atoms with van der Waals surface area (Å²) in [6.45, 7) is 6.81. The van der Waals surface area contributed by atoms with Crippen molar-refractivity contribution in [2.75, 3.05) is 25.0 Å². The maximum atomic E-state index is 13.6. The third kappa shape index (κ3) is 5.25. The summed E-state index contributed by atoms with van der Waals surface area (Å²) in [4.78, 5) is 39.9. The third-order valence-electron chi connectivity index (χ3n) is 7.64. The van der Waals surface area contributed by atoms with Crippen molar-refractivity contribution < 1.29 is 27.5 Å². The number of carbonyl (C=O) groups is 2. The second-order valence-corrected chi connectivity index (χ2v) is 11.4. The molecule has 0 spiro atoms. The van der Waals surface area contributed by atoms with Gasteiger partial charge in [0.1, 0.15) is 17.6 Å². The second-order valence-electron chi connectivity index (χ2n) is 10.4. The highest BCUT2D eigenvalue weighted by Crippen LogP contribution is 2.37. The SMILES string of the molecule is CC[C@H](Nc1cc(C)c(-c2sc(C(=O)N3CC4CCC(C3)O4)nc2C(=O)N2CCC[C@@H]2C)cn1)C(F)(F)F. The standard InChI is InChI=1S/C26H32F3N5O3S/c1-4-19(26(27,28)29)31-20-10-14(2)18(11-30-20)22-21(24(35)34-9-5-6-15(34)3)32-23(38-22)25(36)33-12-16-7-8-17(13-33)37-16/h10-11,15-17,19H,4-9,12-13H2,1-3H3,(H,30,31)/t15-,16?,17?,19-/m0/s1. The largest absolute Gasteiger partial charge is 0.408 e. The molecular formula is C26H32F3N5O3S. The fourth-order valence-corrected chi connectivity index (χ4v) is 6.59. The number of carbonyl (C=O) groups excluding carboxylic acids is 2. The summed E-state index contributed by atoms with van der Waals surface area (Å²) < 4.78 is 45.7. The first-order valence-corrected chi connectivity index (χ1v) is 13.9. The molecule has 12 heteroatoms. The Morgan fingerprint density at radius 1 is 1.21 bits per heavy atom. The molecule has 206 valence electrons. The number of anilines is 1. The number of fused-ring (bicyclic) bond motifs is 2. The number of nitrogens with one attached hydrogen (secondary N) is 1. The maximum Gasteiger partial charge on any atom is 0.408 e. The zero-order valence-corrected chi connectivity index (χ0v) is 22.5. The van der Waals surface area contributed by atoms with Crippen LogP contribution in [0.5, 0.6) is 0 Å². The van der Waals surface area contributed by atoms with E-state index >= 15 is 0 Å². The van der Waals surface area contributed by atoms with Crippen molar-refractivity contribution >= 4 is 29.0 Å². The number of hydrogen-bond donors (Lipinski definition) is 1. The smallest absolute Gasteiger partial charge is 0.371 e. The Hall–Kier alpha value is -2.73. The number of likely N-dealkylation sites (tertiary alicyclic amines) is 2. The molecule has 2 unspecified atom stereocenters. The first-order chi connectivity index (χ1) is 18.0. The molecule has 5 heterocycles. The Labute approximate surface area is 223 Å². The average molecular weight is 552 g/mol. The number of rotatable bonds is 6. The van der Waals surface area contributed by atoms with Crippen molar-refractivity contribution in [3.8, 4) is 10.4 Å². The van der Waals surface area contributed by atoms with Crippen molar-refractivity contribution in [2.45, 2.75) is 83.3 Å². The Morgan fingerprint density at radius 2 is 1.92 bits per heavy atom. The quantitative estimate of drug-likeness (QED) is 0.550. The lowest BCUT2D eigenvalue weighted by atomic mass is 10.1. The van der Waals surface area contributed by atoms with Gasteiger partial charge in [0, 0.05) is 37.4 Å². The molecular weight excluding hydrogens is 519 g/mol. The Balaban J connectivity index is 1.48. The van der Waals surface area contributed by atoms with Gasteiger partial charge >= 0.3 is 6.18 Å². The van der Waals surface area contributed by atoms with E-state index in [-0.39, 0.29) is 53.0 Å². The number of alkyl halides is 3. The van der Waals surface area contributed by atoms with Gasteiger partial charge in [0.05, 0.1) is 17.1 Å². The van der Waals surface area contributed by atoms with Gasteiger partial charge in [-0.1, -0.05) is 6.92 Å². The molecule has 0 aliphatic carbocycles. The number of halogens is 3. The number of aryl methyl sites for hydroxylation is 1. The number of nitrogens with zero attached hydrogens (tertiary/aromatic N) is 4. The molecule has 5 rings (SSSR count). The van der Waals surface area contributed by atoms with Gasteiger partial charge in [-0.25, -0.2) is 9.97 Å². The van der Waals surface area contributed by atoms with Crippen LogP contribution in [-0.4, -0.2) is 81.7 Å². The van der Waals surface area contributed by atoms with E-state index in [2.05, 4.69) is 15.3 Å². The Kier molecular flexibility index (Phi) is 7.38. The highest BCUT2D eigenvalue weighted by Gasteiger charge is 2.40. The Morgan fingerprint density at radius 3 is 2.50 bits per heavy atom. The van der Waals surface area contributed by atoms with Crippen LogP contribution in [0.1, 0.15) is 71.8 Å². The van der Waals surface area contributed by atoms with Crippen molar-refractivity contribution in [1.29, 1.82) is 0 Å². The summed E-state index contributed by atoms with van der Waals surface area (Å²) in [5, 5.41) is 2.68. The highest BCUT2D eigenvalue weighted by atomic mass is 32.1.